The van der Waals surface area contributed by atoms with E-state index < -0.39 is 11.9 Å². The van der Waals surface area contributed by atoms with Crippen molar-refractivity contribution in [3.8, 4) is 0 Å². The molecular formula is C11H11NO4. The largest absolute Gasteiger partial charge is 0.478 e. The summed E-state index contributed by atoms with van der Waals surface area (Å²) < 4.78 is 5.04. The van der Waals surface area contributed by atoms with Crippen LogP contribution in [0, 0.1) is 0 Å². The predicted octanol–water partition coefficient (Wildman–Crippen LogP) is 0.425. The number of ether oxygens (including phenoxy) is 1. The van der Waals surface area contributed by atoms with Gasteiger partial charge in [0.15, 0.2) is 0 Å². The first-order valence-electron chi connectivity index (χ1n) is 4.86. The van der Waals surface area contributed by atoms with Gasteiger partial charge >= 0.3 is 5.97 Å². The number of carboxylic acid groups (broad SMARTS) is 1. The molecule has 0 radical (unpaired) electrons. The van der Waals surface area contributed by atoms with Crippen LogP contribution in [0.2, 0.25) is 0 Å². The summed E-state index contributed by atoms with van der Waals surface area (Å²) in [6.45, 7) is 0.639. The lowest BCUT2D eigenvalue weighted by Crippen LogP contribution is -2.18. The number of hydrogen-bond acceptors (Lipinski definition) is 3. The fourth-order valence-corrected chi connectivity index (χ4v) is 1.66. The molecule has 0 aliphatic carbocycles. The molecule has 16 heavy (non-hydrogen) atoms. The Morgan fingerprint density at radius 3 is 2.69 bits per heavy atom. The molecule has 84 valence electrons. The number of hydrogen-bond donors (Lipinski definition) is 2. The van der Waals surface area contributed by atoms with Crippen molar-refractivity contribution in [2.75, 3.05) is 6.61 Å². The summed E-state index contributed by atoms with van der Waals surface area (Å²) in [5, 5.41) is 9.08. The number of carbonyl (C=O) groups is 2. The lowest BCUT2D eigenvalue weighted by atomic mass is 9.97. The van der Waals surface area contributed by atoms with E-state index in [0.717, 1.165) is 0 Å². The van der Waals surface area contributed by atoms with Gasteiger partial charge in [-0.05, 0) is 11.6 Å². The molecule has 1 unspecified atom stereocenters. The highest BCUT2D eigenvalue weighted by Gasteiger charge is 2.26. The first-order valence-corrected chi connectivity index (χ1v) is 4.86. The molecule has 1 aliphatic heterocycles. The molecule has 0 saturated carbocycles. The van der Waals surface area contributed by atoms with Crippen molar-refractivity contribution < 1.29 is 19.4 Å². The summed E-state index contributed by atoms with van der Waals surface area (Å²) in [7, 11) is 0. The molecule has 0 aromatic heterocycles. The van der Waals surface area contributed by atoms with E-state index in [4.69, 9.17) is 15.6 Å². The second-order valence-corrected chi connectivity index (χ2v) is 3.67. The number of carboxylic acids is 1. The quantitative estimate of drug-likeness (QED) is 0.721. The van der Waals surface area contributed by atoms with Crippen molar-refractivity contribution in [3.63, 3.8) is 0 Å². The van der Waals surface area contributed by atoms with Crippen LogP contribution in [0.3, 0.4) is 0 Å². The third-order valence-corrected chi connectivity index (χ3v) is 2.48. The Labute approximate surface area is 91.8 Å². The summed E-state index contributed by atoms with van der Waals surface area (Å²) in [5.74, 6) is -1.86. The average molecular weight is 221 g/mol. The van der Waals surface area contributed by atoms with Gasteiger partial charge in [-0.2, -0.15) is 0 Å². The minimum atomic E-state index is -1.13. The van der Waals surface area contributed by atoms with E-state index in [0.29, 0.717) is 18.6 Å². The fourth-order valence-electron chi connectivity index (χ4n) is 1.66. The molecule has 5 nitrogen and oxygen atoms in total. The first kappa shape index (κ1) is 10.6. The second kappa shape index (κ2) is 3.94. The Bertz CT molecular complexity index is 451. The van der Waals surface area contributed by atoms with Gasteiger partial charge in [0.2, 0.25) is 5.91 Å². The zero-order valence-corrected chi connectivity index (χ0v) is 8.47. The third-order valence-electron chi connectivity index (χ3n) is 2.48. The zero-order chi connectivity index (χ0) is 11.7. The molecule has 0 spiro atoms. The van der Waals surface area contributed by atoms with Crippen LogP contribution in [0.15, 0.2) is 18.2 Å². The Balaban J connectivity index is 2.45. The second-order valence-electron chi connectivity index (χ2n) is 3.67. The van der Waals surface area contributed by atoms with Crippen molar-refractivity contribution in [1.29, 1.82) is 0 Å². The van der Waals surface area contributed by atoms with Crippen molar-refractivity contribution >= 4 is 11.9 Å². The highest BCUT2D eigenvalue weighted by Crippen LogP contribution is 2.21. The molecule has 1 aromatic rings. The SMILES string of the molecule is NC(=O)c1cccc(CC2CO2)c1C(=O)O. The fraction of sp³-hybridized carbons (Fsp3) is 0.273. The van der Waals surface area contributed by atoms with Crippen molar-refractivity contribution in [2.45, 2.75) is 12.5 Å². The standard InChI is InChI=1S/C11H11NO4/c12-10(13)8-3-1-2-6(4-7-5-16-7)9(8)11(14)15/h1-3,7H,4-5H2,(H2,12,13)(H,14,15). The molecule has 1 saturated heterocycles. The summed E-state index contributed by atoms with van der Waals surface area (Å²) in [4.78, 5) is 22.2. The van der Waals surface area contributed by atoms with E-state index in [1.807, 2.05) is 0 Å². The normalized spacial score (nSPS) is 18.1. The minimum absolute atomic E-state index is 0.00880. The Kier molecular flexibility index (Phi) is 2.62. The van der Waals surface area contributed by atoms with Crippen molar-refractivity contribution in [3.05, 3.63) is 34.9 Å². The monoisotopic (exact) mass is 221 g/mol. The van der Waals surface area contributed by atoms with Gasteiger partial charge in [-0.1, -0.05) is 12.1 Å². The highest BCUT2D eigenvalue weighted by molar-refractivity contribution is 6.05. The van der Waals surface area contributed by atoms with Crippen LogP contribution in [-0.2, 0) is 11.2 Å². The first-order chi connectivity index (χ1) is 7.59. The molecule has 1 heterocycles. The van der Waals surface area contributed by atoms with Gasteiger partial charge in [0.05, 0.1) is 23.8 Å². The van der Waals surface area contributed by atoms with Gasteiger partial charge in [-0.3, -0.25) is 4.79 Å². The van der Waals surface area contributed by atoms with Gasteiger partial charge < -0.3 is 15.6 Å². The molecule has 1 amide bonds. The maximum absolute atomic E-state index is 11.1. The Morgan fingerprint density at radius 1 is 1.50 bits per heavy atom. The number of benzene rings is 1. The molecule has 2 rings (SSSR count). The predicted molar refractivity (Wildman–Crippen MR) is 55.4 cm³/mol. The van der Waals surface area contributed by atoms with Crippen molar-refractivity contribution in [1.82, 2.24) is 0 Å². The summed E-state index contributed by atoms with van der Waals surface area (Å²) in [6, 6.07) is 4.73. The summed E-state index contributed by atoms with van der Waals surface area (Å²) in [6.07, 6.45) is 0.573. The van der Waals surface area contributed by atoms with E-state index in [-0.39, 0.29) is 17.2 Å². The molecular weight excluding hydrogens is 210 g/mol. The molecule has 1 fully saturated rings. The number of rotatable bonds is 4. The Morgan fingerprint density at radius 2 is 2.19 bits per heavy atom. The molecule has 3 N–H and O–H groups in total. The van der Waals surface area contributed by atoms with E-state index in [2.05, 4.69) is 0 Å². The number of aromatic carboxylic acids is 1. The summed E-state index contributed by atoms with van der Waals surface area (Å²) in [5.41, 5.74) is 5.76. The summed E-state index contributed by atoms with van der Waals surface area (Å²) >= 11 is 0. The van der Waals surface area contributed by atoms with Crippen LogP contribution in [0.1, 0.15) is 26.3 Å². The van der Waals surface area contributed by atoms with Gasteiger partial charge in [0, 0.05) is 6.42 Å². The van der Waals surface area contributed by atoms with Crippen LogP contribution in [0.5, 0.6) is 0 Å². The topological polar surface area (TPSA) is 92.9 Å². The zero-order valence-electron chi connectivity index (χ0n) is 8.47. The van der Waals surface area contributed by atoms with Crippen LogP contribution in [0.4, 0.5) is 0 Å². The third kappa shape index (κ3) is 2.04. The number of carbonyl (C=O) groups excluding carboxylic acids is 1. The van der Waals surface area contributed by atoms with E-state index >= 15 is 0 Å². The molecule has 1 atom stereocenters. The maximum atomic E-state index is 11.1. The van der Waals surface area contributed by atoms with Gasteiger partial charge in [-0.25, -0.2) is 4.79 Å². The number of epoxide rings is 1. The smallest absolute Gasteiger partial charge is 0.336 e. The number of nitrogens with two attached hydrogens (primary N) is 1. The Hall–Kier alpha value is -1.88. The molecule has 5 heteroatoms. The highest BCUT2D eigenvalue weighted by atomic mass is 16.6. The minimum Gasteiger partial charge on any atom is -0.478 e. The van der Waals surface area contributed by atoms with E-state index in [1.165, 1.54) is 6.07 Å². The lowest BCUT2D eigenvalue weighted by molar-refractivity contribution is 0.0690. The van der Waals surface area contributed by atoms with Gasteiger partial charge in [0.25, 0.3) is 0 Å². The van der Waals surface area contributed by atoms with Crippen LogP contribution < -0.4 is 5.73 Å². The molecule has 1 aromatic carbocycles. The number of primary amides is 1. The maximum Gasteiger partial charge on any atom is 0.336 e. The lowest BCUT2D eigenvalue weighted by Gasteiger charge is -2.07. The van der Waals surface area contributed by atoms with Gasteiger partial charge in [-0.15, -0.1) is 0 Å². The van der Waals surface area contributed by atoms with Crippen LogP contribution in [-0.4, -0.2) is 29.7 Å². The molecule has 0 bridgehead atoms. The molecule has 1 aliphatic rings. The van der Waals surface area contributed by atoms with Crippen molar-refractivity contribution in [2.24, 2.45) is 5.73 Å². The van der Waals surface area contributed by atoms with Gasteiger partial charge in [0.1, 0.15) is 0 Å². The van der Waals surface area contributed by atoms with E-state index in [9.17, 15) is 9.59 Å². The van der Waals surface area contributed by atoms with Crippen LogP contribution in [0.25, 0.3) is 0 Å². The number of amides is 1. The average Bonchev–Trinajstić information content (AvgIpc) is 3.00. The van der Waals surface area contributed by atoms with E-state index in [1.54, 1.807) is 12.1 Å². The van der Waals surface area contributed by atoms with Crippen LogP contribution >= 0.6 is 0 Å².